The van der Waals surface area contributed by atoms with Crippen LogP contribution in [0.5, 0.6) is 0 Å². The first-order valence-corrected chi connectivity index (χ1v) is 6.76. The molecule has 2 amide bonds. The van der Waals surface area contributed by atoms with Gasteiger partial charge in [-0.25, -0.2) is 0 Å². The van der Waals surface area contributed by atoms with E-state index in [2.05, 4.69) is 5.32 Å². The molecule has 0 unspecified atom stereocenters. The molecule has 0 saturated carbocycles. The lowest BCUT2D eigenvalue weighted by Gasteiger charge is -2.15. The summed E-state index contributed by atoms with van der Waals surface area (Å²) in [4.78, 5) is 36.3. The molecule has 1 rings (SSSR count). The Balaban J connectivity index is 2.33. The fourth-order valence-electron chi connectivity index (χ4n) is 1.67. The largest absolute Gasteiger partial charge is 0.466 e. The van der Waals surface area contributed by atoms with Gasteiger partial charge in [0.05, 0.1) is 19.6 Å². The third-order valence-electron chi connectivity index (χ3n) is 2.71. The minimum atomic E-state index is -0.431. The number of ether oxygens (including phenoxy) is 1. The predicted octanol–water partition coefficient (Wildman–Crippen LogP) is 0.828. The maximum Gasteiger partial charge on any atom is 0.307 e. The van der Waals surface area contributed by atoms with Gasteiger partial charge in [0.15, 0.2) is 0 Å². The molecule has 1 aromatic carbocycles. The summed E-state index contributed by atoms with van der Waals surface area (Å²) >= 11 is 0. The molecular weight excluding hydrogens is 272 g/mol. The van der Waals surface area contributed by atoms with Crippen LogP contribution in [0.25, 0.3) is 0 Å². The maximum absolute atomic E-state index is 11.8. The summed E-state index contributed by atoms with van der Waals surface area (Å²) in [5.41, 5.74) is 0.431. The standard InChI is InChI=1S/C15H20N2O4/c1-3-21-14(19)9-10-17(2)11-13(18)16-15(20)12-7-5-4-6-8-12/h4-8H,3,9-11H2,1-2H3,(H,16,18,20). The van der Waals surface area contributed by atoms with E-state index in [9.17, 15) is 14.4 Å². The second-order valence-corrected chi connectivity index (χ2v) is 4.54. The van der Waals surface area contributed by atoms with Gasteiger partial charge in [0, 0.05) is 12.1 Å². The van der Waals surface area contributed by atoms with Crippen LogP contribution in [0.1, 0.15) is 23.7 Å². The van der Waals surface area contributed by atoms with Crippen molar-refractivity contribution in [3.05, 3.63) is 35.9 Å². The third kappa shape index (κ3) is 6.67. The van der Waals surface area contributed by atoms with Gasteiger partial charge in [-0.05, 0) is 26.1 Å². The van der Waals surface area contributed by atoms with Gasteiger partial charge in [0.2, 0.25) is 5.91 Å². The van der Waals surface area contributed by atoms with E-state index in [-0.39, 0.29) is 18.9 Å². The molecule has 1 aromatic rings. The van der Waals surface area contributed by atoms with Gasteiger partial charge in [-0.2, -0.15) is 0 Å². The molecule has 0 aromatic heterocycles. The second-order valence-electron chi connectivity index (χ2n) is 4.54. The Kier molecular flexibility index (Phi) is 7.11. The van der Waals surface area contributed by atoms with Crippen LogP contribution in [0, 0.1) is 0 Å². The molecule has 114 valence electrons. The molecule has 0 aliphatic carbocycles. The van der Waals surface area contributed by atoms with Crippen LogP contribution in [-0.2, 0) is 14.3 Å². The monoisotopic (exact) mass is 292 g/mol. The van der Waals surface area contributed by atoms with Gasteiger partial charge in [0.25, 0.3) is 5.91 Å². The lowest BCUT2D eigenvalue weighted by Crippen LogP contribution is -2.39. The van der Waals surface area contributed by atoms with Crippen molar-refractivity contribution in [1.29, 1.82) is 0 Å². The normalized spacial score (nSPS) is 10.2. The third-order valence-corrected chi connectivity index (χ3v) is 2.71. The van der Waals surface area contributed by atoms with E-state index in [0.29, 0.717) is 18.7 Å². The Hall–Kier alpha value is -2.21. The summed E-state index contributed by atoms with van der Waals surface area (Å²) in [7, 11) is 1.70. The number of hydrogen-bond acceptors (Lipinski definition) is 5. The van der Waals surface area contributed by atoms with Crippen molar-refractivity contribution in [2.24, 2.45) is 0 Å². The first-order valence-electron chi connectivity index (χ1n) is 6.76. The zero-order valence-electron chi connectivity index (χ0n) is 12.3. The zero-order valence-corrected chi connectivity index (χ0v) is 12.3. The summed E-state index contributed by atoms with van der Waals surface area (Å²) in [6.07, 6.45) is 0.213. The van der Waals surface area contributed by atoms with E-state index in [0.717, 1.165) is 0 Å². The first kappa shape index (κ1) is 16.8. The molecular formula is C15H20N2O4. The van der Waals surface area contributed by atoms with Crippen LogP contribution in [0.15, 0.2) is 30.3 Å². The maximum atomic E-state index is 11.8. The number of hydrogen-bond donors (Lipinski definition) is 1. The van der Waals surface area contributed by atoms with E-state index in [1.807, 2.05) is 0 Å². The predicted molar refractivity (Wildman–Crippen MR) is 77.7 cm³/mol. The van der Waals surface area contributed by atoms with Crippen LogP contribution in [0.3, 0.4) is 0 Å². The summed E-state index contributed by atoms with van der Waals surface area (Å²) in [5.74, 6) is -1.14. The van der Waals surface area contributed by atoms with Crippen molar-refractivity contribution in [2.75, 3.05) is 26.7 Å². The second kappa shape index (κ2) is 8.86. The van der Waals surface area contributed by atoms with Gasteiger partial charge in [-0.3, -0.25) is 24.6 Å². The molecule has 1 N–H and O–H groups in total. The number of imide groups is 1. The number of amides is 2. The molecule has 0 saturated heterocycles. The molecule has 0 atom stereocenters. The minimum Gasteiger partial charge on any atom is -0.466 e. The fourth-order valence-corrected chi connectivity index (χ4v) is 1.67. The molecule has 0 fully saturated rings. The highest BCUT2D eigenvalue weighted by Gasteiger charge is 2.13. The summed E-state index contributed by atoms with van der Waals surface area (Å²) < 4.78 is 4.80. The molecule has 6 nitrogen and oxygen atoms in total. The number of likely N-dealkylation sites (N-methyl/N-ethyl adjacent to an activating group) is 1. The number of rotatable bonds is 7. The average molecular weight is 292 g/mol. The fraction of sp³-hybridized carbons (Fsp3) is 0.400. The van der Waals surface area contributed by atoms with Gasteiger partial charge in [0.1, 0.15) is 0 Å². The van der Waals surface area contributed by atoms with Gasteiger partial charge in [-0.1, -0.05) is 18.2 Å². The molecule has 0 aliphatic rings. The summed E-state index contributed by atoms with van der Waals surface area (Å²) in [6.45, 7) is 2.52. The van der Waals surface area contributed by atoms with Crippen LogP contribution >= 0.6 is 0 Å². The lowest BCUT2D eigenvalue weighted by molar-refractivity contribution is -0.143. The van der Waals surface area contributed by atoms with Crippen molar-refractivity contribution < 1.29 is 19.1 Å². The molecule has 0 spiro atoms. The molecule has 0 bridgehead atoms. The van der Waals surface area contributed by atoms with Crippen molar-refractivity contribution in [3.63, 3.8) is 0 Å². The molecule has 6 heteroatoms. The Bertz CT molecular complexity index is 488. The minimum absolute atomic E-state index is 0.0397. The molecule has 21 heavy (non-hydrogen) atoms. The molecule has 0 aliphatic heterocycles. The zero-order chi connectivity index (χ0) is 15.7. The SMILES string of the molecule is CCOC(=O)CCN(C)CC(=O)NC(=O)c1ccccc1. The quantitative estimate of drug-likeness (QED) is 0.753. The van der Waals surface area contributed by atoms with Crippen LogP contribution in [-0.4, -0.2) is 49.4 Å². The van der Waals surface area contributed by atoms with Crippen LogP contribution in [0.2, 0.25) is 0 Å². The van der Waals surface area contributed by atoms with Gasteiger partial charge < -0.3 is 4.74 Å². The topological polar surface area (TPSA) is 75.7 Å². The number of nitrogens with zero attached hydrogens (tertiary/aromatic N) is 1. The Morgan fingerprint density at radius 3 is 2.48 bits per heavy atom. The highest BCUT2D eigenvalue weighted by molar-refractivity contribution is 6.05. The number of benzene rings is 1. The van der Waals surface area contributed by atoms with Crippen molar-refractivity contribution >= 4 is 17.8 Å². The Morgan fingerprint density at radius 2 is 1.86 bits per heavy atom. The summed E-state index contributed by atoms with van der Waals surface area (Å²) in [5, 5.41) is 2.30. The lowest BCUT2D eigenvalue weighted by atomic mass is 10.2. The highest BCUT2D eigenvalue weighted by atomic mass is 16.5. The van der Waals surface area contributed by atoms with Crippen molar-refractivity contribution in [2.45, 2.75) is 13.3 Å². The van der Waals surface area contributed by atoms with E-state index in [1.54, 1.807) is 49.2 Å². The number of carbonyl (C=O) groups excluding carboxylic acids is 3. The van der Waals surface area contributed by atoms with E-state index in [4.69, 9.17) is 4.74 Å². The van der Waals surface area contributed by atoms with Crippen LogP contribution < -0.4 is 5.32 Å². The van der Waals surface area contributed by atoms with Crippen molar-refractivity contribution in [3.8, 4) is 0 Å². The number of esters is 1. The van der Waals surface area contributed by atoms with E-state index < -0.39 is 11.8 Å². The first-order chi connectivity index (χ1) is 10.0. The molecule has 0 radical (unpaired) electrons. The highest BCUT2D eigenvalue weighted by Crippen LogP contribution is 1.98. The average Bonchev–Trinajstić information content (AvgIpc) is 2.46. The smallest absolute Gasteiger partial charge is 0.307 e. The van der Waals surface area contributed by atoms with Crippen molar-refractivity contribution in [1.82, 2.24) is 10.2 Å². The number of nitrogens with one attached hydrogen (secondary N) is 1. The van der Waals surface area contributed by atoms with Gasteiger partial charge in [-0.15, -0.1) is 0 Å². The number of carbonyl (C=O) groups is 3. The van der Waals surface area contributed by atoms with E-state index >= 15 is 0 Å². The van der Waals surface area contributed by atoms with Crippen LogP contribution in [0.4, 0.5) is 0 Å². The Morgan fingerprint density at radius 1 is 1.19 bits per heavy atom. The van der Waals surface area contributed by atoms with E-state index in [1.165, 1.54) is 0 Å². The Labute approximate surface area is 124 Å². The summed E-state index contributed by atoms with van der Waals surface area (Å²) in [6, 6.07) is 8.51. The van der Waals surface area contributed by atoms with Gasteiger partial charge >= 0.3 is 5.97 Å². The molecule has 0 heterocycles.